The molecule has 5 aliphatic rings. The van der Waals surface area contributed by atoms with Crippen LogP contribution in [0.4, 0.5) is 0 Å². The topological polar surface area (TPSA) is 55.8 Å². The van der Waals surface area contributed by atoms with Crippen molar-refractivity contribution in [3.63, 3.8) is 0 Å². The lowest BCUT2D eigenvalue weighted by atomic mass is 9.39. The van der Waals surface area contributed by atoms with Crippen LogP contribution in [0.5, 0.6) is 5.75 Å². The number of ether oxygens (including phenoxy) is 2. The van der Waals surface area contributed by atoms with Crippen LogP contribution in [0.3, 0.4) is 0 Å². The summed E-state index contributed by atoms with van der Waals surface area (Å²) in [6.07, 6.45) is 7.12. The van der Waals surface area contributed by atoms with Gasteiger partial charge in [0.15, 0.2) is 0 Å². The van der Waals surface area contributed by atoms with Gasteiger partial charge in [-0.25, -0.2) is 0 Å². The summed E-state index contributed by atoms with van der Waals surface area (Å²) in [5, 5.41) is 0. The van der Waals surface area contributed by atoms with Gasteiger partial charge in [0.1, 0.15) is 5.75 Å². The summed E-state index contributed by atoms with van der Waals surface area (Å²) in [4.78, 5) is 28.3. The van der Waals surface area contributed by atoms with E-state index in [9.17, 15) is 9.59 Å². The molecular formula is C27H37NO4. The zero-order chi connectivity index (χ0) is 22.9. The molecule has 2 saturated heterocycles. The van der Waals surface area contributed by atoms with Gasteiger partial charge in [0.2, 0.25) is 0 Å². The standard InChI is InChI=1S/C27H37NO4/c1-6-27-16-26(3)20-14-19(31-5)11-10-18(20)13-22(28(27)4)25(26,2)15-21(27)24(30)32-23(29)12-9-17-7-8-17/h10-11,14,17,21-22H,6-9,12-13,15-16H2,1-5H3/t21?,22?,25-,26+,27?/m0/s1. The number of methoxy groups -OCH3 is 1. The fourth-order valence-electron chi connectivity index (χ4n) is 7.62. The Morgan fingerprint density at radius 3 is 2.62 bits per heavy atom. The molecule has 2 saturated carbocycles. The number of esters is 2. The molecule has 1 aromatic rings. The van der Waals surface area contributed by atoms with E-state index in [0.29, 0.717) is 18.4 Å². The first kappa shape index (κ1) is 21.9. The minimum absolute atomic E-state index is 0.0604. The minimum Gasteiger partial charge on any atom is -0.497 e. The molecule has 6 rings (SSSR count). The first-order valence-corrected chi connectivity index (χ1v) is 12.3. The van der Waals surface area contributed by atoms with Crippen LogP contribution in [0, 0.1) is 17.3 Å². The van der Waals surface area contributed by atoms with Crippen molar-refractivity contribution in [1.82, 2.24) is 4.90 Å². The van der Waals surface area contributed by atoms with E-state index >= 15 is 0 Å². The molecule has 174 valence electrons. The SMILES string of the molecule is CCC12C[C@]3(C)c4cc(OC)ccc4CC(N1C)[C@]3(C)CC2C(=O)OC(=O)CCC1CC1. The average Bonchev–Trinajstić information content (AvgIpc) is 3.60. The maximum atomic E-state index is 13.4. The monoisotopic (exact) mass is 439 g/mol. The predicted octanol–water partition coefficient (Wildman–Crippen LogP) is 4.65. The normalized spacial score (nSPS) is 37.7. The summed E-state index contributed by atoms with van der Waals surface area (Å²) in [6.45, 7) is 6.92. The molecule has 1 aromatic carbocycles. The second-order valence-electron chi connectivity index (χ2n) is 11.3. The van der Waals surface area contributed by atoms with E-state index in [-0.39, 0.29) is 34.2 Å². The Bertz CT molecular complexity index is 955. The highest BCUT2D eigenvalue weighted by Gasteiger charge is 2.71. The van der Waals surface area contributed by atoms with E-state index in [1.165, 1.54) is 24.0 Å². The van der Waals surface area contributed by atoms with E-state index in [0.717, 1.165) is 37.9 Å². The predicted molar refractivity (Wildman–Crippen MR) is 123 cm³/mol. The van der Waals surface area contributed by atoms with Crippen molar-refractivity contribution in [1.29, 1.82) is 0 Å². The first-order chi connectivity index (χ1) is 15.2. The summed E-state index contributed by atoms with van der Waals surface area (Å²) in [7, 11) is 3.91. The highest BCUT2D eigenvalue weighted by Crippen LogP contribution is 2.69. The van der Waals surface area contributed by atoms with Crippen molar-refractivity contribution in [2.24, 2.45) is 17.3 Å². The highest BCUT2D eigenvalue weighted by molar-refractivity contribution is 5.88. The maximum absolute atomic E-state index is 13.4. The molecule has 2 heterocycles. The molecule has 5 nitrogen and oxygen atoms in total. The number of rotatable bonds is 6. The number of piperidine rings is 2. The van der Waals surface area contributed by atoms with Crippen LogP contribution < -0.4 is 4.74 Å². The summed E-state index contributed by atoms with van der Waals surface area (Å²) in [5.41, 5.74) is 2.32. The Balaban J connectivity index is 1.48. The van der Waals surface area contributed by atoms with E-state index in [1.807, 2.05) is 0 Å². The van der Waals surface area contributed by atoms with Crippen molar-refractivity contribution in [3.8, 4) is 5.75 Å². The first-order valence-electron chi connectivity index (χ1n) is 12.3. The maximum Gasteiger partial charge on any atom is 0.318 e. The lowest BCUT2D eigenvalue weighted by molar-refractivity contribution is -0.213. The largest absolute Gasteiger partial charge is 0.497 e. The molecular weight excluding hydrogens is 402 g/mol. The Hall–Kier alpha value is -1.88. The lowest BCUT2D eigenvalue weighted by Gasteiger charge is -2.73. The van der Waals surface area contributed by atoms with Crippen LogP contribution in [0.25, 0.3) is 0 Å². The van der Waals surface area contributed by atoms with Gasteiger partial charge >= 0.3 is 11.9 Å². The average molecular weight is 440 g/mol. The van der Waals surface area contributed by atoms with Gasteiger partial charge in [0, 0.05) is 23.4 Å². The number of benzene rings is 1. The number of carbonyl (C=O) groups is 2. The number of likely N-dealkylation sites (N-methyl/N-ethyl adjacent to an activating group) is 1. The van der Waals surface area contributed by atoms with Gasteiger partial charge in [0.05, 0.1) is 13.0 Å². The van der Waals surface area contributed by atoms with Gasteiger partial charge in [-0.15, -0.1) is 0 Å². The van der Waals surface area contributed by atoms with E-state index in [4.69, 9.17) is 9.47 Å². The van der Waals surface area contributed by atoms with Gasteiger partial charge in [0.25, 0.3) is 0 Å². The molecule has 2 aliphatic heterocycles. The number of nitrogens with zero attached hydrogens (tertiary/aromatic N) is 1. The summed E-state index contributed by atoms with van der Waals surface area (Å²) >= 11 is 0. The number of hydrogen-bond donors (Lipinski definition) is 0. The van der Waals surface area contributed by atoms with Crippen molar-refractivity contribution in [3.05, 3.63) is 29.3 Å². The molecule has 3 aliphatic carbocycles. The molecule has 5 heteroatoms. The molecule has 0 spiro atoms. The Morgan fingerprint density at radius 1 is 1.22 bits per heavy atom. The van der Waals surface area contributed by atoms with E-state index in [2.05, 4.69) is 50.9 Å². The molecule has 0 amide bonds. The smallest absolute Gasteiger partial charge is 0.318 e. The van der Waals surface area contributed by atoms with Crippen LogP contribution in [-0.2, 0) is 26.2 Å². The minimum atomic E-state index is -0.344. The van der Waals surface area contributed by atoms with E-state index in [1.54, 1.807) is 7.11 Å². The second-order valence-corrected chi connectivity index (χ2v) is 11.3. The van der Waals surface area contributed by atoms with Crippen molar-refractivity contribution in [2.45, 2.75) is 89.1 Å². The van der Waals surface area contributed by atoms with Crippen LogP contribution in [0.15, 0.2) is 18.2 Å². The Labute approximate surface area is 191 Å². The fraction of sp³-hybridized carbons (Fsp3) is 0.704. The summed E-state index contributed by atoms with van der Waals surface area (Å²) in [5.74, 6) is 0.627. The van der Waals surface area contributed by atoms with Gasteiger partial charge < -0.3 is 9.47 Å². The van der Waals surface area contributed by atoms with Crippen LogP contribution in [0.2, 0.25) is 0 Å². The van der Waals surface area contributed by atoms with Gasteiger partial charge in [-0.1, -0.05) is 39.7 Å². The zero-order valence-corrected chi connectivity index (χ0v) is 20.2. The number of carbonyl (C=O) groups excluding carboxylic acids is 2. The number of hydrogen-bond acceptors (Lipinski definition) is 5. The van der Waals surface area contributed by atoms with Gasteiger partial charge in [-0.05, 0) is 73.7 Å². The third-order valence-electron chi connectivity index (χ3n) is 9.99. The fourth-order valence-corrected chi connectivity index (χ4v) is 7.62. The Morgan fingerprint density at radius 2 is 1.97 bits per heavy atom. The molecule has 32 heavy (non-hydrogen) atoms. The molecule has 0 N–H and O–H groups in total. The van der Waals surface area contributed by atoms with Gasteiger partial charge in [-0.3, -0.25) is 14.5 Å². The van der Waals surface area contributed by atoms with Crippen LogP contribution >= 0.6 is 0 Å². The van der Waals surface area contributed by atoms with Crippen molar-refractivity contribution < 1.29 is 19.1 Å². The van der Waals surface area contributed by atoms with E-state index < -0.39 is 0 Å². The third kappa shape index (κ3) is 2.92. The molecule has 3 unspecified atom stereocenters. The summed E-state index contributed by atoms with van der Waals surface area (Å²) in [6, 6.07) is 6.86. The Kier molecular flexibility index (Phi) is 5.01. The zero-order valence-electron chi connectivity index (χ0n) is 20.2. The molecule has 5 atom stereocenters. The lowest BCUT2D eigenvalue weighted by Crippen LogP contribution is -2.79. The van der Waals surface area contributed by atoms with Gasteiger partial charge in [-0.2, -0.15) is 0 Å². The van der Waals surface area contributed by atoms with Crippen molar-refractivity contribution in [2.75, 3.05) is 14.2 Å². The van der Waals surface area contributed by atoms with Crippen LogP contribution in [-0.4, -0.2) is 42.6 Å². The summed E-state index contributed by atoms with van der Waals surface area (Å²) < 4.78 is 11.1. The second kappa shape index (κ2) is 7.31. The molecule has 4 bridgehead atoms. The molecule has 0 aromatic heterocycles. The number of fused-ring (bicyclic) bond motifs is 2. The van der Waals surface area contributed by atoms with Crippen molar-refractivity contribution >= 4 is 11.9 Å². The van der Waals surface area contributed by atoms with Crippen LogP contribution in [0.1, 0.15) is 76.8 Å². The molecule has 0 radical (unpaired) electrons. The third-order valence-corrected chi connectivity index (χ3v) is 9.99. The highest BCUT2D eigenvalue weighted by atomic mass is 16.6. The molecule has 4 fully saturated rings. The quantitative estimate of drug-likeness (QED) is 0.477.